The van der Waals surface area contributed by atoms with E-state index in [2.05, 4.69) is 34.9 Å². The first kappa shape index (κ1) is 11.2. The van der Waals surface area contributed by atoms with E-state index in [0.29, 0.717) is 0 Å². The van der Waals surface area contributed by atoms with Crippen LogP contribution in [0.2, 0.25) is 0 Å². The molecular formula is C13H20N2O. The lowest BCUT2D eigenvalue weighted by Crippen LogP contribution is -2.45. The van der Waals surface area contributed by atoms with Gasteiger partial charge in [0.15, 0.2) is 0 Å². The van der Waals surface area contributed by atoms with Gasteiger partial charge in [-0.05, 0) is 38.5 Å². The maximum absolute atomic E-state index is 11.7. The second-order valence-electron chi connectivity index (χ2n) is 4.55. The zero-order valence-electron chi connectivity index (χ0n) is 9.61. The summed E-state index contributed by atoms with van der Waals surface area (Å²) in [5.41, 5.74) is 0. The van der Waals surface area contributed by atoms with Crippen molar-refractivity contribution >= 4 is 6.03 Å². The van der Waals surface area contributed by atoms with Crippen LogP contribution in [0.4, 0.5) is 4.79 Å². The molecule has 0 heterocycles. The van der Waals surface area contributed by atoms with Crippen LogP contribution in [0.3, 0.4) is 0 Å². The highest BCUT2D eigenvalue weighted by atomic mass is 16.2. The fourth-order valence-corrected chi connectivity index (χ4v) is 2.24. The molecule has 0 aromatic carbocycles. The van der Waals surface area contributed by atoms with Gasteiger partial charge in [-0.2, -0.15) is 0 Å². The van der Waals surface area contributed by atoms with E-state index in [9.17, 15) is 4.79 Å². The Labute approximate surface area is 97.0 Å². The van der Waals surface area contributed by atoms with Crippen LogP contribution in [0.25, 0.3) is 0 Å². The van der Waals surface area contributed by atoms with Crippen LogP contribution in [0.15, 0.2) is 24.3 Å². The maximum Gasteiger partial charge on any atom is 0.315 e. The van der Waals surface area contributed by atoms with Crippen LogP contribution < -0.4 is 10.6 Å². The van der Waals surface area contributed by atoms with Gasteiger partial charge in [0.1, 0.15) is 0 Å². The zero-order valence-corrected chi connectivity index (χ0v) is 9.61. The summed E-state index contributed by atoms with van der Waals surface area (Å²) in [4.78, 5) is 11.7. The van der Waals surface area contributed by atoms with Gasteiger partial charge in [0.05, 0.1) is 0 Å². The van der Waals surface area contributed by atoms with Gasteiger partial charge in [-0.25, -0.2) is 4.79 Å². The maximum atomic E-state index is 11.7. The Morgan fingerprint density at radius 2 is 1.44 bits per heavy atom. The highest BCUT2D eigenvalue weighted by Gasteiger charge is 2.14. The van der Waals surface area contributed by atoms with E-state index < -0.39 is 0 Å². The average molecular weight is 220 g/mol. The molecule has 2 unspecified atom stereocenters. The van der Waals surface area contributed by atoms with E-state index in [4.69, 9.17) is 0 Å². The molecule has 0 fully saturated rings. The summed E-state index contributed by atoms with van der Waals surface area (Å²) in [5.74, 6) is 0. The number of allylic oxidation sites excluding steroid dienone is 2. The monoisotopic (exact) mass is 220 g/mol. The third-order valence-electron chi connectivity index (χ3n) is 3.14. The van der Waals surface area contributed by atoms with E-state index in [1.165, 1.54) is 12.8 Å². The van der Waals surface area contributed by atoms with Crippen molar-refractivity contribution in [3.05, 3.63) is 24.3 Å². The van der Waals surface area contributed by atoms with Gasteiger partial charge >= 0.3 is 6.03 Å². The Morgan fingerprint density at radius 1 is 0.938 bits per heavy atom. The predicted molar refractivity (Wildman–Crippen MR) is 65.2 cm³/mol. The van der Waals surface area contributed by atoms with Crippen molar-refractivity contribution in [2.75, 3.05) is 0 Å². The van der Waals surface area contributed by atoms with E-state index in [1.54, 1.807) is 0 Å². The van der Waals surface area contributed by atoms with Gasteiger partial charge in [0.25, 0.3) is 0 Å². The molecule has 0 bridgehead atoms. The lowest BCUT2D eigenvalue weighted by Gasteiger charge is -2.22. The molecule has 3 heteroatoms. The van der Waals surface area contributed by atoms with Crippen LogP contribution in [0, 0.1) is 0 Å². The van der Waals surface area contributed by atoms with Gasteiger partial charge in [-0.1, -0.05) is 24.3 Å². The number of nitrogens with one attached hydrogen (secondary N) is 2. The van der Waals surface area contributed by atoms with E-state index in [1.807, 2.05) is 0 Å². The highest BCUT2D eigenvalue weighted by Crippen LogP contribution is 2.11. The molecule has 0 aliphatic heterocycles. The molecule has 2 rings (SSSR count). The predicted octanol–water partition coefficient (Wildman–Crippen LogP) is 2.50. The average Bonchev–Trinajstić information content (AvgIpc) is 2.31. The fourth-order valence-electron chi connectivity index (χ4n) is 2.24. The number of hydrogen-bond donors (Lipinski definition) is 2. The topological polar surface area (TPSA) is 41.1 Å². The quantitative estimate of drug-likeness (QED) is 0.690. The van der Waals surface area contributed by atoms with Crippen LogP contribution in [-0.4, -0.2) is 18.1 Å². The van der Waals surface area contributed by atoms with Crippen LogP contribution in [0.1, 0.15) is 38.5 Å². The third kappa shape index (κ3) is 3.40. The number of urea groups is 1. The van der Waals surface area contributed by atoms with Crippen molar-refractivity contribution in [3.63, 3.8) is 0 Å². The van der Waals surface area contributed by atoms with Gasteiger partial charge in [0.2, 0.25) is 0 Å². The Balaban J connectivity index is 1.74. The van der Waals surface area contributed by atoms with Crippen LogP contribution in [-0.2, 0) is 0 Å². The Hall–Kier alpha value is -1.25. The number of carbonyl (C=O) groups is 1. The first-order valence-corrected chi connectivity index (χ1v) is 6.25. The van der Waals surface area contributed by atoms with Crippen molar-refractivity contribution in [1.29, 1.82) is 0 Å². The summed E-state index contributed by atoms with van der Waals surface area (Å²) in [5, 5.41) is 5.99. The minimum Gasteiger partial charge on any atom is -0.332 e. The number of hydrogen-bond acceptors (Lipinski definition) is 1. The standard InChI is InChI=1S/C13H20N2O/c16-13(14-11-7-3-1-4-8-11)15-12-9-5-2-6-10-12/h3,5,7,9,11-12H,1-2,4,6,8,10H2,(H2,14,15,16). The highest BCUT2D eigenvalue weighted by molar-refractivity contribution is 5.75. The van der Waals surface area contributed by atoms with Crippen LogP contribution in [0.5, 0.6) is 0 Å². The SMILES string of the molecule is O=C(NC1C=CCCC1)NC1C=CCCC1. The normalized spacial score (nSPS) is 28.8. The molecule has 88 valence electrons. The first-order valence-electron chi connectivity index (χ1n) is 6.25. The minimum atomic E-state index is -0.0342. The smallest absolute Gasteiger partial charge is 0.315 e. The molecule has 2 amide bonds. The first-order chi connectivity index (χ1) is 7.84. The Morgan fingerprint density at radius 3 is 1.81 bits per heavy atom. The second-order valence-corrected chi connectivity index (χ2v) is 4.55. The molecule has 2 N–H and O–H groups in total. The van der Waals surface area contributed by atoms with Gasteiger partial charge < -0.3 is 10.6 Å². The van der Waals surface area contributed by atoms with Crippen molar-refractivity contribution < 1.29 is 4.79 Å². The molecule has 0 spiro atoms. The summed E-state index contributed by atoms with van der Waals surface area (Å²) in [6.45, 7) is 0. The van der Waals surface area contributed by atoms with Crippen molar-refractivity contribution in [1.82, 2.24) is 10.6 Å². The minimum absolute atomic E-state index is 0.0342. The molecule has 2 aliphatic rings. The summed E-state index contributed by atoms with van der Waals surface area (Å²) in [6.07, 6.45) is 15.2. The largest absolute Gasteiger partial charge is 0.332 e. The molecule has 0 saturated carbocycles. The molecular weight excluding hydrogens is 200 g/mol. The summed E-state index contributed by atoms with van der Waals surface area (Å²) in [6, 6.07) is 0.413. The number of amides is 2. The third-order valence-corrected chi connectivity index (χ3v) is 3.14. The summed E-state index contributed by atoms with van der Waals surface area (Å²) in [7, 11) is 0. The van der Waals surface area contributed by atoms with E-state index in [-0.39, 0.29) is 18.1 Å². The molecule has 0 radical (unpaired) electrons. The van der Waals surface area contributed by atoms with Crippen molar-refractivity contribution in [2.45, 2.75) is 50.6 Å². The Bertz CT molecular complexity index is 268. The summed E-state index contributed by atoms with van der Waals surface area (Å²) >= 11 is 0. The number of rotatable bonds is 2. The molecule has 0 aromatic heterocycles. The zero-order chi connectivity index (χ0) is 11.2. The molecule has 16 heavy (non-hydrogen) atoms. The van der Waals surface area contributed by atoms with Gasteiger partial charge in [-0.15, -0.1) is 0 Å². The molecule has 2 atom stereocenters. The molecule has 2 aliphatic carbocycles. The number of carbonyl (C=O) groups excluding carboxylic acids is 1. The Kier molecular flexibility index (Phi) is 4.03. The molecule has 0 aromatic rings. The van der Waals surface area contributed by atoms with Gasteiger partial charge in [0, 0.05) is 12.1 Å². The molecule has 0 saturated heterocycles. The van der Waals surface area contributed by atoms with Gasteiger partial charge in [-0.3, -0.25) is 0 Å². The lowest BCUT2D eigenvalue weighted by molar-refractivity contribution is 0.235. The summed E-state index contributed by atoms with van der Waals surface area (Å²) < 4.78 is 0. The van der Waals surface area contributed by atoms with Crippen molar-refractivity contribution in [2.24, 2.45) is 0 Å². The van der Waals surface area contributed by atoms with E-state index in [0.717, 1.165) is 25.7 Å². The van der Waals surface area contributed by atoms with Crippen molar-refractivity contribution in [3.8, 4) is 0 Å². The molecule has 3 nitrogen and oxygen atoms in total. The van der Waals surface area contributed by atoms with E-state index >= 15 is 0 Å². The fraction of sp³-hybridized carbons (Fsp3) is 0.615. The van der Waals surface area contributed by atoms with Crippen LogP contribution >= 0.6 is 0 Å². The lowest BCUT2D eigenvalue weighted by atomic mass is 10.0. The second kappa shape index (κ2) is 5.73.